The van der Waals surface area contributed by atoms with Crippen molar-refractivity contribution in [3.8, 4) is 12.3 Å². The molecule has 0 saturated carbocycles. The normalized spacial score (nSPS) is 10.2. The van der Waals surface area contributed by atoms with Crippen LogP contribution in [0.3, 0.4) is 0 Å². The lowest BCUT2D eigenvalue weighted by Crippen LogP contribution is -2.40. The lowest BCUT2D eigenvalue weighted by molar-refractivity contribution is -0.134. The summed E-state index contributed by atoms with van der Waals surface area (Å²) in [6.07, 6.45) is 7.75. The van der Waals surface area contributed by atoms with E-state index in [1.54, 1.807) is 18.8 Å². The van der Waals surface area contributed by atoms with Crippen LogP contribution in [0.4, 0.5) is 5.69 Å². The van der Waals surface area contributed by atoms with Crippen LogP contribution in [0, 0.1) is 12.3 Å². The van der Waals surface area contributed by atoms with Gasteiger partial charge >= 0.3 is 0 Å². The van der Waals surface area contributed by atoms with Crippen LogP contribution in [-0.2, 0) is 9.59 Å². The fourth-order valence-corrected chi connectivity index (χ4v) is 2.48. The van der Waals surface area contributed by atoms with E-state index in [-0.39, 0.29) is 24.9 Å². The number of nitrogens with zero attached hydrogens (tertiary/aromatic N) is 2. The highest BCUT2D eigenvalue weighted by molar-refractivity contribution is 7.98. The van der Waals surface area contributed by atoms with Gasteiger partial charge in [-0.3, -0.25) is 14.5 Å². The third-order valence-corrected chi connectivity index (χ3v) is 4.03. The molecule has 0 aliphatic heterocycles. The smallest absolute Gasteiger partial charge is 0.244 e. The van der Waals surface area contributed by atoms with Gasteiger partial charge in [0, 0.05) is 24.9 Å². The fourth-order valence-electron chi connectivity index (χ4n) is 1.93. The molecule has 0 atom stereocenters. The number of anilines is 1. The summed E-state index contributed by atoms with van der Waals surface area (Å²) in [5.41, 5.74) is 0.761. The number of carbonyl (C=O) groups is 2. The number of thioether (sulfide) groups is 1. The van der Waals surface area contributed by atoms with Gasteiger partial charge in [-0.15, -0.1) is 24.1 Å². The quantitative estimate of drug-likeness (QED) is 0.582. The minimum Gasteiger partial charge on any atom is -0.335 e. The van der Waals surface area contributed by atoms with E-state index in [9.17, 15) is 9.59 Å². The largest absolute Gasteiger partial charge is 0.335 e. The molecule has 23 heavy (non-hydrogen) atoms. The van der Waals surface area contributed by atoms with Gasteiger partial charge in [0.15, 0.2) is 0 Å². The fraction of sp³-hybridized carbons (Fsp3) is 0.412. The molecular weight excluding hydrogens is 310 g/mol. The van der Waals surface area contributed by atoms with Crippen LogP contribution in [0.2, 0.25) is 0 Å². The summed E-state index contributed by atoms with van der Waals surface area (Å²) in [5.74, 6) is 2.21. The highest BCUT2D eigenvalue weighted by atomic mass is 32.2. The Kier molecular flexibility index (Phi) is 8.23. The maximum absolute atomic E-state index is 12.1. The van der Waals surface area contributed by atoms with E-state index in [0.29, 0.717) is 13.0 Å². The predicted molar refractivity (Wildman–Crippen MR) is 95.4 cm³/mol. The lowest BCUT2D eigenvalue weighted by Gasteiger charge is -2.21. The molecule has 2 amide bonds. The van der Waals surface area contributed by atoms with Gasteiger partial charge in [-0.1, -0.05) is 12.1 Å². The topological polar surface area (TPSA) is 52.7 Å². The third kappa shape index (κ3) is 6.76. The number of likely N-dealkylation sites (N-methyl/N-ethyl adjacent to an activating group) is 2. The molecular formula is C17H23N3O2S. The zero-order valence-electron chi connectivity index (χ0n) is 13.8. The number of rotatable bonds is 8. The molecule has 1 N–H and O–H groups in total. The molecule has 0 bridgehead atoms. The van der Waals surface area contributed by atoms with Crippen LogP contribution in [0.1, 0.15) is 6.42 Å². The zero-order chi connectivity index (χ0) is 17.2. The summed E-state index contributed by atoms with van der Waals surface area (Å²) >= 11 is 1.56. The van der Waals surface area contributed by atoms with Crippen LogP contribution in [0.5, 0.6) is 0 Å². The van der Waals surface area contributed by atoms with Gasteiger partial charge < -0.3 is 10.2 Å². The Balaban J connectivity index is 2.50. The SMILES string of the molecule is C#CCCN(C)CC(=O)N(C)CC(=O)Nc1ccccc1SC. The number of para-hydroxylation sites is 1. The molecule has 5 nitrogen and oxygen atoms in total. The van der Waals surface area contributed by atoms with Crippen LogP contribution in [0.15, 0.2) is 29.2 Å². The first-order valence-electron chi connectivity index (χ1n) is 7.26. The van der Waals surface area contributed by atoms with Gasteiger partial charge in [-0.05, 0) is 25.4 Å². The number of benzene rings is 1. The maximum atomic E-state index is 12.1. The first-order chi connectivity index (χ1) is 11.0. The van der Waals surface area contributed by atoms with Crippen molar-refractivity contribution in [1.29, 1.82) is 0 Å². The number of terminal acetylenes is 1. The molecule has 0 radical (unpaired) electrons. The Morgan fingerprint density at radius 3 is 2.61 bits per heavy atom. The number of hydrogen-bond acceptors (Lipinski definition) is 4. The maximum Gasteiger partial charge on any atom is 0.244 e. The molecule has 0 aliphatic rings. The van der Waals surface area contributed by atoms with Gasteiger partial charge in [0.2, 0.25) is 11.8 Å². The van der Waals surface area contributed by atoms with Crippen molar-refractivity contribution in [2.75, 3.05) is 45.3 Å². The summed E-state index contributed by atoms with van der Waals surface area (Å²) in [5, 5.41) is 2.84. The third-order valence-electron chi connectivity index (χ3n) is 3.23. The van der Waals surface area contributed by atoms with Gasteiger partial charge in [0.1, 0.15) is 0 Å². The molecule has 1 rings (SSSR count). The minimum absolute atomic E-state index is 0.0184. The van der Waals surface area contributed by atoms with Crippen molar-refractivity contribution in [3.05, 3.63) is 24.3 Å². The van der Waals surface area contributed by atoms with Crippen molar-refractivity contribution in [3.63, 3.8) is 0 Å². The summed E-state index contributed by atoms with van der Waals surface area (Å²) in [4.78, 5) is 28.4. The Bertz CT molecular complexity index is 583. The Hall–Kier alpha value is -1.97. The number of amides is 2. The molecule has 0 heterocycles. The van der Waals surface area contributed by atoms with Gasteiger partial charge in [-0.25, -0.2) is 0 Å². The van der Waals surface area contributed by atoms with Crippen molar-refractivity contribution in [1.82, 2.24) is 9.80 Å². The van der Waals surface area contributed by atoms with Crippen LogP contribution in [-0.4, -0.2) is 61.6 Å². The highest BCUT2D eigenvalue weighted by Crippen LogP contribution is 2.24. The van der Waals surface area contributed by atoms with Gasteiger partial charge in [0.25, 0.3) is 0 Å². The molecule has 0 saturated heterocycles. The zero-order valence-corrected chi connectivity index (χ0v) is 14.7. The average Bonchev–Trinajstić information content (AvgIpc) is 2.53. The number of nitrogens with one attached hydrogen (secondary N) is 1. The first kappa shape index (κ1) is 19.1. The second-order valence-corrected chi connectivity index (χ2v) is 6.04. The number of carbonyl (C=O) groups excluding carboxylic acids is 2. The Morgan fingerprint density at radius 2 is 1.96 bits per heavy atom. The van der Waals surface area contributed by atoms with E-state index in [0.717, 1.165) is 10.6 Å². The Morgan fingerprint density at radius 1 is 1.26 bits per heavy atom. The molecule has 0 spiro atoms. The lowest BCUT2D eigenvalue weighted by atomic mass is 10.3. The summed E-state index contributed by atoms with van der Waals surface area (Å²) in [7, 11) is 3.45. The van der Waals surface area contributed by atoms with Crippen LogP contribution < -0.4 is 5.32 Å². The summed E-state index contributed by atoms with van der Waals surface area (Å²) in [6, 6.07) is 7.57. The van der Waals surface area contributed by atoms with Crippen molar-refractivity contribution >= 4 is 29.3 Å². The second-order valence-electron chi connectivity index (χ2n) is 5.19. The van der Waals surface area contributed by atoms with Crippen molar-refractivity contribution < 1.29 is 9.59 Å². The van der Waals surface area contributed by atoms with Gasteiger partial charge in [0.05, 0.1) is 18.8 Å². The summed E-state index contributed by atoms with van der Waals surface area (Å²) in [6.45, 7) is 0.917. The Labute approximate surface area is 142 Å². The van der Waals surface area contributed by atoms with Crippen molar-refractivity contribution in [2.24, 2.45) is 0 Å². The molecule has 1 aromatic carbocycles. The van der Waals surface area contributed by atoms with Crippen LogP contribution in [0.25, 0.3) is 0 Å². The predicted octanol–water partition coefficient (Wildman–Crippen LogP) is 1.76. The van der Waals surface area contributed by atoms with E-state index in [1.165, 1.54) is 4.90 Å². The molecule has 0 fully saturated rings. The first-order valence-corrected chi connectivity index (χ1v) is 8.49. The van der Waals surface area contributed by atoms with E-state index in [4.69, 9.17) is 6.42 Å². The standard InChI is InChI=1S/C17H23N3O2S/c1-5-6-11-19(2)13-17(22)20(3)12-16(21)18-14-9-7-8-10-15(14)23-4/h1,7-10H,6,11-13H2,2-4H3,(H,18,21). The second kappa shape index (κ2) is 9.93. The molecule has 0 unspecified atom stereocenters. The summed E-state index contributed by atoms with van der Waals surface area (Å²) < 4.78 is 0. The van der Waals surface area contributed by atoms with E-state index in [2.05, 4.69) is 11.2 Å². The molecule has 124 valence electrons. The van der Waals surface area contributed by atoms with Crippen molar-refractivity contribution in [2.45, 2.75) is 11.3 Å². The molecule has 0 aliphatic carbocycles. The minimum atomic E-state index is -0.214. The van der Waals surface area contributed by atoms with E-state index < -0.39 is 0 Å². The number of hydrogen-bond donors (Lipinski definition) is 1. The van der Waals surface area contributed by atoms with Gasteiger partial charge in [-0.2, -0.15) is 0 Å². The highest BCUT2D eigenvalue weighted by Gasteiger charge is 2.15. The average molecular weight is 333 g/mol. The van der Waals surface area contributed by atoms with Crippen LogP contribution >= 0.6 is 11.8 Å². The monoisotopic (exact) mass is 333 g/mol. The van der Waals surface area contributed by atoms with E-state index in [1.807, 2.05) is 42.5 Å². The molecule has 6 heteroatoms. The molecule has 1 aromatic rings. The molecule has 0 aromatic heterocycles. The van der Waals surface area contributed by atoms with E-state index >= 15 is 0 Å².